The second kappa shape index (κ2) is 16.1. The molecule has 330 valence electrons. The lowest BCUT2D eigenvalue weighted by Crippen LogP contribution is -2.25. The van der Waals surface area contributed by atoms with E-state index < -0.39 is 37.1 Å². The Hall–Kier alpha value is -7.11. The van der Waals surface area contributed by atoms with Crippen molar-refractivity contribution in [2.24, 2.45) is 0 Å². The summed E-state index contributed by atoms with van der Waals surface area (Å²) in [6, 6.07) is 42.9. The minimum Gasteiger partial charge on any atom is -0.457 e. The molecular formula is C61H60N4O. The molecular weight excluding hydrogens is 805 g/mol. The molecule has 7 aromatic carbocycles. The highest BCUT2D eigenvalue weighted by Crippen LogP contribution is 2.47. The fourth-order valence-corrected chi connectivity index (χ4v) is 8.95. The lowest BCUT2D eigenvalue weighted by molar-refractivity contribution is 0.483. The lowest BCUT2D eigenvalue weighted by atomic mass is 9.80. The van der Waals surface area contributed by atoms with Crippen LogP contribution in [0.2, 0.25) is 0 Å². The second-order valence-electron chi connectivity index (χ2n) is 20.5. The fraction of sp³-hybridized carbons (Fsp3) is 0.230. The van der Waals surface area contributed by atoms with Crippen molar-refractivity contribution in [3.05, 3.63) is 192 Å². The highest BCUT2D eigenvalue weighted by atomic mass is 16.5. The summed E-state index contributed by atoms with van der Waals surface area (Å²) in [6.07, 6.45) is 1.31. The summed E-state index contributed by atoms with van der Waals surface area (Å²) >= 11 is 0. The van der Waals surface area contributed by atoms with Crippen LogP contribution in [0.25, 0.3) is 49.9 Å². The van der Waals surface area contributed by atoms with Crippen LogP contribution in [0.1, 0.15) is 95.5 Å². The van der Waals surface area contributed by atoms with Gasteiger partial charge >= 0.3 is 0 Å². The van der Waals surface area contributed by atoms with Crippen molar-refractivity contribution < 1.29 is 15.7 Å². The van der Waals surface area contributed by atoms with Gasteiger partial charge in [-0.05, 0) is 129 Å². The molecule has 1 aliphatic heterocycles. The number of pyridine rings is 1. The Balaban J connectivity index is 1.08. The van der Waals surface area contributed by atoms with Crippen molar-refractivity contribution >= 4 is 44.6 Å². The number of hydrogen-bond donors (Lipinski definition) is 0. The monoisotopic (exact) mass is 873 g/mol. The molecule has 1 aliphatic rings. The highest BCUT2D eigenvalue weighted by molar-refractivity contribution is 6.10. The SMILES string of the molecule is [2H]c1c([2H])c([2H])c(-c2cnc(-n3c4ccc(-c5cccc(C(C)(C)C)c5)cc4c4ccc(Oc5cccc(N6CN(c7cc(C(C)(C)C)cc(C(C)(C)C)c7)c7ccccc76)c5)cc43)cc2C([2H])([2H])[2H])c([2H])c1[2H]. The van der Waals surface area contributed by atoms with E-state index in [1.807, 2.05) is 47.0 Å². The molecule has 0 aliphatic carbocycles. The van der Waals surface area contributed by atoms with E-state index in [1.165, 1.54) is 29.0 Å². The van der Waals surface area contributed by atoms with Gasteiger partial charge in [-0.3, -0.25) is 4.57 Å². The third-order valence-electron chi connectivity index (χ3n) is 12.8. The molecule has 3 heterocycles. The topological polar surface area (TPSA) is 33.5 Å². The van der Waals surface area contributed by atoms with E-state index in [9.17, 15) is 0 Å². The Labute approximate surface area is 402 Å². The van der Waals surface area contributed by atoms with Crippen LogP contribution >= 0.6 is 0 Å². The predicted octanol–water partition coefficient (Wildman–Crippen LogP) is 16.8. The van der Waals surface area contributed by atoms with Crippen LogP contribution in [0, 0.1) is 6.85 Å². The number of hydrogen-bond acceptors (Lipinski definition) is 4. The minimum absolute atomic E-state index is 0.0428. The van der Waals surface area contributed by atoms with Crippen molar-refractivity contribution in [1.29, 1.82) is 0 Å². The summed E-state index contributed by atoms with van der Waals surface area (Å²) in [7, 11) is 0. The van der Waals surface area contributed by atoms with Gasteiger partial charge in [-0.15, -0.1) is 0 Å². The zero-order valence-electron chi connectivity index (χ0n) is 47.2. The largest absolute Gasteiger partial charge is 0.457 e. The molecule has 0 atom stereocenters. The molecule has 0 bridgehead atoms. The smallest absolute Gasteiger partial charge is 0.137 e. The summed E-state index contributed by atoms with van der Waals surface area (Å²) in [5.74, 6) is 1.44. The van der Waals surface area contributed by atoms with E-state index in [1.54, 1.807) is 0 Å². The van der Waals surface area contributed by atoms with Gasteiger partial charge in [0.25, 0.3) is 0 Å². The van der Waals surface area contributed by atoms with Gasteiger partial charge in [0, 0.05) is 50.2 Å². The maximum absolute atomic E-state index is 8.72. The highest BCUT2D eigenvalue weighted by Gasteiger charge is 2.30. The van der Waals surface area contributed by atoms with E-state index in [0.29, 0.717) is 23.7 Å². The number of rotatable bonds is 7. The van der Waals surface area contributed by atoms with Crippen molar-refractivity contribution in [2.75, 3.05) is 16.5 Å². The van der Waals surface area contributed by atoms with Gasteiger partial charge < -0.3 is 14.5 Å². The first kappa shape index (κ1) is 34.3. The standard InChI is InChI=1S/C61H60N4O/c1-40-30-58(62-38-53(40)41-18-12-11-13-19-41)65-54-29-26-43(42-20-16-21-44(31-42)59(2,3)4)32-52(54)51-28-27-50(37-57(51)65)66-49-23-17-22-47(36-49)63-39-64(56-25-15-14-24-55(56)63)48-34-45(60(5,6)7)33-46(35-48)61(8,9)10/h11-38H,39H2,1-10H3/i1D3,11D,12D,13D,18D,19D. The van der Waals surface area contributed by atoms with Crippen LogP contribution < -0.4 is 14.5 Å². The zero-order chi connectivity index (χ0) is 53.0. The molecule has 0 saturated heterocycles. The van der Waals surface area contributed by atoms with Gasteiger partial charge in [0.15, 0.2) is 0 Å². The van der Waals surface area contributed by atoms with Crippen LogP contribution in [0.5, 0.6) is 11.5 Å². The molecule has 0 radical (unpaired) electrons. The molecule has 2 aromatic heterocycles. The molecule has 0 spiro atoms. The Morgan fingerprint density at radius 1 is 0.530 bits per heavy atom. The number of anilines is 4. The Kier molecular flexibility index (Phi) is 8.36. The predicted molar refractivity (Wildman–Crippen MR) is 279 cm³/mol. The van der Waals surface area contributed by atoms with Gasteiger partial charge in [0.05, 0.1) is 29.3 Å². The van der Waals surface area contributed by atoms with Crippen LogP contribution in [-0.2, 0) is 16.2 Å². The molecule has 0 N–H and O–H groups in total. The van der Waals surface area contributed by atoms with Crippen LogP contribution in [0.3, 0.4) is 0 Å². The third-order valence-corrected chi connectivity index (χ3v) is 12.8. The number of benzene rings is 7. The van der Waals surface area contributed by atoms with Gasteiger partial charge in [0.1, 0.15) is 24.0 Å². The van der Waals surface area contributed by atoms with Crippen molar-refractivity contribution in [3.63, 3.8) is 0 Å². The summed E-state index contributed by atoms with van der Waals surface area (Å²) in [6.45, 7) is 18.0. The molecule has 66 heavy (non-hydrogen) atoms. The second-order valence-corrected chi connectivity index (χ2v) is 20.5. The number of nitrogens with zero attached hydrogens (tertiary/aromatic N) is 4. The molecule has 9 aromatic rings. The minimum atomic E-state index is -2.75. The molecule has 0 unspecified atom stereocenters. The summed E-state index contributed by atoms with van der Waals surface area (Å²) in [4.78, 5) is 9.52. The molecule has 0 saturated carbocycles. The van der Waals surface area contributed by atoms with E-state index in [0.717, 1.165) is 50.2 Å². The number of aromatic nitrogens is 2. The first-order chi connectivity index (χ1) is 34.8. The average molecular weight is 873 g/mol. The van der Waals surface area contributed by atoms with Gasteiger partial charge in [0.2, 0.25) is 0 Å². The van der Waals surface area contributed by atoms with Crippen molar-refractivity contribution in [1.82, 2.24) is 9.55 Å². The molecule has 0 amide bonds. The summed E-state index contributed by atoms with van der Waals surface area (Å²) in [5, 5.41) is 1.78. The summed E-state index contributed by atoms with van der Waals surface area (Å²) in [5.41, 5.74) is 11.0. The van der Waals surface area contributed by atoms with Gasteiger partial charge in [-0.25, -0.2) is 4.98 Å². The summed E-state index contributed by atoms with van der Waals surface area (Å²) < 4.78 is 77.1. The number of para-hydroxylation sites is 2. The fourth-order valence-electron chi connectivity index (χ4n) is 8.95. The van der Waals surface area contributed by atoms with E-state index in [-0.39, 0.29) is 38.8 Å². The van der Waals surface area contributed by atoms with Crippen molar-refractivity contribution in [2.45, 2.75) is 85.4 Å². The number of aryl methyl sites for hydroxylation is 1. The Morgan fingerprint density at radius 3 is 1.89 bits per heavy atom. The van der Waals surface area contributed by atoms with Crippen LogP contribution in [0.4, 0.5) is 22.7 Å². The number of ether oxygens (including phenoxy) is 1. The maximum atomic E-state index is 8.72. The quantitative estimate of drug-likeness (QED) is 0.160. The van der Waals surface area contributed by atoms with E-state index in [4.69, 9.17) is 20.7 Å². The molecule has 5 heteroatoms. The molecule has 0 fully saturated rings. The van der Waals surface area contributed by atoms with Gasteiger partial charge in [-0.2, -0.15) is 0 Å². The molecule has 10 rings (SSSR count). The maximum Gasteiger partial charge on any atom is 0.137 e. The molecule has 5 nitrogen and oxygen atoms in total. The first-order valence-electron chi connectivity index (χ1n) is 26.6. The van der Waals surface area contributed by atoms with Crippen LogP contribution in [-0.4, -0.2) is 16.2 Å². The zero-order valence-corrected chi connectivity index (χ0v) is 39.2. The Morgan fingerprint density at radius 2 is 1.20 bits per heavy atom. The van der Waals surface area contributed by atoms with Crippen LogP contribution in [0.15, 0.2) is 170 Å². The average Bonchev–Trinajstić information content (AvgIpc) is 3.90. The van der Waals surface area contributed by atoms with Gasteiger partial charge in [-0.1, -0.05) is 147 Å². The van der Waals surface area contributed by atoms with E-state index in [2.05, 4.69) is 157 Å². The van der Waals surface area contributed by atoms with Crippen molar-refractivity contribution in [3.8, 4) is 39.6 Å². The van der Waals surface area contributed by atoms with E-state index >= 15 is 0 Å². The number of fused-ring (bicyclic) bond motifs is 4. The first-order valence-corrected chi connectivity index (χ1v) is 22.6. The normalized spacial score (nSPS) is 15.1. The lowest BCUT2D eigenvalue weighted by Gasteiger charge is -2.29. The Bertz CT molecular complexity index is 3650. The third kappa shape index (κ3) is 8.02.